The Balaban J connectivity index is 2.17. The van der Waals surface area contributed by atoms with Gasteiger partial charge in [-0.25, -0.2) is 17.5 Å². The Morgan fingerprint density at radius 1 is 1.08 bits per heavy atom. The summed E-state index contributed by atoms with van der Waals surface area (Å²) >= 11 is 0. The van der Waals surface area contributed by atoms with Gasteiger partial charge in [0.1, 0.15) is 17.3 Å². The molecule has 0 unspecified atom stereocenters. The summed E-state index contributed by atoms with van der Waals surface area (Å²) in [6.45, 7) is 0. The van der Waals surface area contributed by atoms with Crippen molar-refractivity contribution in [3.05, 3.63) is 59.4 Å². The van der Waals surface area contributed by atoms with Gasteiger partial charge in [0.2, 0.25) is 10.0 Å². The molecule has 0 radical (unpaired) electrons. The van der Waals surface area contributed by atoms with Gasteiger partial charge in [0, 0.05) is 6.07 Å². The zero-order valence-electron chi connectivity index (χ0n) is 13.1. The van der Waals surface area contributed by atoms with E-state index in [4.69, 9.17) is 9.47 Å². The van der Waals surface area contributed by atoms with E-state index in [2.05, 4.69) is 0 Å². The van der Waals surface area contributed by atoms with Crippen LogP contribution in [0.1, 0.15) is 15.9 Å². The zero-order chi connectivity index (χ0) is 17.7. The molecule has 1 amide bonds. The molecule has 0 spiro atoms. The van der Waals surface area contributed by atoms with Crippen LogP contribution in [-0.4, -0.2) is 28.5 Å². The minimum Gasteiger partial charge on any atom is -0.497 e. The van der Waals surface area contributed by atoms with Crippen LogP contribution in [0.5, 0.6) is 11.5 Å². The monoisotopic (exact) mass is 353 g/mol. The normalized spacial score (nSPS) is 11.0. The van der Waals surface area contributed by atoms with Gasteiger partial charge in [-0.05, 0) is 29.8 Å². The molecule has 0 aliphatic rings. The number of nitrogens with one attached hydrogen (secondary N) is 1. The van der Waals surface area contributed by atoms with Gasteiger partial charge in [-0.3, -0.25) is 4.79 Å². The van der Waals surface area contributed by atoms with Crippen LogP contribution < -0.4 is 14.2 Å². The Hall–Kier alpha value is -2.61. The lowest BCUT2D eigenvalue weighted by Crippen LogP contribution is -2.31. The molecule has 0 heterocycles. The van der Waals surface area contributed by atoms with E-state index in [1.54, 1.807) is 0 Å². The molecular formula is C16H16FNO5S. The molecule has 24 heavy (non-hydrogen) atoms. The fourth-order valence-electron chi connectivity index (χ4n) is 2.02. The average Bonchev–Trinajstić information content (AvgIpc) is 2.55. The molecule has 6 nitrogen and oxygen atoms in total. The Labute approximate surface area is 139 Å². The molecule has 0 aromatic heterocycles. The van der Waals surface area contributed by atoms with Crippen LogP contribution in [0, 0.1) is 5.82 Å². The zero-order valence-corrected chi connectivity index (χ0v) is 13.9. The van der Waals surface area contributed by atoms with E-state index in [1.165, 1.54) is 44.6 Å². The number of hydrogen-bond acceptors (Lipinski definition) is 5. The molecule has 0 aliphatic heterocycles. The lowest BCUT2D eigenvalue weighted by Gasteiger charge is -2.11. The van der Waals surface area contributed by atoms with Crippen LogP contribution in [-0.2, 0) is 15.8 Å². The summed E-state index contributed by atoms with van der Waals surface area (Å²) in [5, 5.41) is 0. The van der Waals surface area contributed by atoms with Crippen molar-refractivity contribution < 1.29 is 27.1 Å². The number of amides is 1. The highest BCUT2D eigenvalue weighted by Gasteiger charge is 2.20. The molecule has 2 rings (SSSR count). The summed E-state index contributed by atoms with van der Waals surface area (Å²) in [5.41, 5.74) is 0.416. The van der Waals surface area contributed by atoms with Crippen molar-refractivity contribution in [1.29, 1.82) is 0 Å². The number of carbonyl (C=O) groups excluding carboxylic acids is 1. The van der Waals surface area contributed by atoms with Gasteiger partial charge >= 0.3 is 0 Å². The minimum atomic E-state index is -3.94. The minimum absolute atomic E-state index is 0.0565. The standard InChI is InChI=1S/C16H16FNO5S/c1-22-13-7-8-14(15(9-13)23-2)16(19)18-24(20,21)10-11-3-5-12(17)6-4-11/h3-9H,10H2,1-2H3,(H,18,19). The summed E-state index contributed by atoms with van der Waals surface area (Å²) < 4.78 is 49.1. The summed E-state index contributed by atoms with van der Waals surface area (Å²) in [6, 6.07) is 9.38. The molecular weight excluding hydrogens is 337 g/mol. The first-order valence-corrected chi connectivity index (χ1v) is 8.51. The Kier molecular flexibility index (Phi) is 5.40. The lowest BCUT2D eigenvalue weighted by atomic mass is 10.2. The van der Waals surface area contributed by atoms with Crippen LogP contribution in [0.2, 0.25) is 0 Å². The number of halogens is 1. The smallest absolute Gasteiger partial charge is 0.268 e. The number of methoxy groups -OCH3 is 2. The molecule has 0 bridgehead atoms. The predicted octanol–water partition coefficient (Wildman–Crippen LogP) is 2.10. The molecule has 2 aromatic rings. The van der Waals surface area contributed by atoms with Crippen molar-refractivity contribution in [2.45, 2.75) is 5.75 Å². The molecule has 0 aliphatic carbocycles. The van der Waals surface area contributed by atoms with E-state index in [0.29, 0.717) is 11.3 Å². The predicted molar refractivity (Wildman–Crippen MR) is 86.0 cm³/mol. The van der Waals surface area contributed by atoms with Crippen LogP contribution in [0.25, 0.3) is 0 Å². The van der Waals surface area contributed by atoms with Crippen molar-refractivity contribution in [2.24, 2.45) is 0 Å². The number of benzene rings is 2. The van der Waals surface area contributed by atoms with Gasteiger partial charge in [0.05, 0.1) is 25.5 Å². The first kappa shape index (κ1) is 17.7. The van der Waals surface area contributed by atoms with E-state index in [-0.39, 0.29) is 11.3 Å². The fourth-order valence-corrected chi connectivity index (χ4v) is 3.11. The Morgan fingerprint density at radius 3 is 2.33 bits per heavy atom. The third kappa shape index (κ3) is 4.45. The number of hydrogen-bond donors (Lipinski definition) is 1. The van der Waals surface area contributed by atoms with Crippen molar-refractivity contribution in [3.8, 4) is 11.5 Å². The van der Waals surface area contributed by atoms with E-state index in [9.17, 15) is 17.6 Å². The molecule has 0 saturated heterocycles. The molecule has 0 saturated carbocycles. The average molecular weight is 353 g/mol. The summed E-state index contributed by atoms with van der Waals surface area (Å²) in [6.07, 6.45) is 0. The van der Waals surface area contributed by atoms with Crippen molar-refractivity contribution in [2.75, 3.05) is 14.2 Å². The van der Waals surface area contributed by atoms with Crippen molar-refractivity contribution in [1.82, 2.24) is 4.72 Å². The Morgan fingerprint density at radius 2 is 1.75 bits per heavy atom. The van der Waals surface area contributed by atoms with Gasteiger partial charge in [-0.2, -0.15) is 0 Å². The molecule has 8 heteroatoms. The van der Waals surface area contributed by atoms with E-state index < -0.39 is 27.5 Å². The van der Waals surface area contributed by atoms with Crippen LogP contribution in [0.4, 0.5) is 4.39 Å². The highest BCUT2D eigenvalue weighted by molar-refractivity contribution is 7.89. The molecule has 2 aromatic carbocycles. The maximum absolute atomic E-state index is 12.9. The number of sulfonamides is 1. The van der Waals surface area contributed by atoms with Gasteiger partial charge in [0.15, 0.2) is 0 Å². The summed E-state index contributed by atoms with van der Waals surface area (Å²) in [4.78, 5) is 12.2. The highest BCUT2D eigenvalue weighted by atomic mass is 32.2. The first-order valence-electron chi connectivity index (χ1n) is 6.86. The maximum Gasteiger partial charge on any atom is 0.268 e. The van der Waals surface area contributed by atoms with E-state index in [0.717, 1.165) is 12.1 Å². The highest BCUT2D eigenvalue weighted by Crippen LogP contribution is 2.24. The maximum atomic E-state index is 12.9. The second-order valence-electron chi connectivity index (χ2n) is 4.88. The molecule has 1 N–H and O–H groups in total. The second-order valence-corrected chi connectivity index (χ2v) is 6.61. The number of ether oxygens (including phenoxy) is 2. The summed E-state index contributed by atoms with van der Waals surface area (Å²) in [5.74, 6) is -1.08. The quantitative estimate of drug-likeness (QED) is 0.860. The second kappa shape index (κ2) is 7.31. The van der Waals surface area contributed by atoms with E-state index >= 15 is 0 Å². The van der Waals surface area contributed by atoms with Crippen LogP contribution >= 0.6 is 0 Å². The van der Waals surface area contributed by atoms with Gasteiger partial charge in [0.25, 0.3) is 5.91 Å². The number of rotatable bonds is 6. The van der Waals surface area contributed by atoms with Crippen molar-refractivity contribution in [3.63, 3.8) is 0 Å². The fraction of sp³-hybridized carbons (Fsp3) is 0.188. The summed E-state index contributed by atoms with van der Waals surface area (Å²) in [7, 11) is -1.12. The molecule has 0 atom stereocenters. The Bertz CT molecular complexity index is 834. The van der Waals surface area contributed by atoms with E-state index in [1.807, 2.05) is 4.72 Å². The first-order chi connectivity index (χ1) is 11.3. The van der Waals surface area contributed by atoms with Gasteiger partial charge in [-0.1, -0.05) is 12.1 Å². The molecule has 0 fully saturated rings. The largest absolute Gasteiger partial charge is 0.497 e. The van der Waals surface area contributed by atoms with Gasteiger partial charge < -0.3 is 9.47 Å². The lowest BCUT2D eigenvalue weighted by molar-refractivity contribution is 0.0978. The third-order valence-corrected chi connectivity index (χ3v) is 4.38. The van der Waals surface area contributed by atoms with Crippen molar-refractivity contribution >= 4 is 15.9 Å². The van der Waals surface area contributed by atoms with Crippen LogP contribution in [0.15, 0.2) is 42.5 Å². The number of carbonyl (C=O) groups is 1. The molecule has 128 valence electrons. The third-order valence-electron chi connectivity index (χ3n) is 3.17. The SMILES string of the molecule is COc1ccc(C(=O)NS(=O)(=O)Cc2ccc(F)cc2)c(OC)c1. The van der Waals surface area contributed by atoms with Crippen LogP contribution in [0.3, 0.4) is 0 Å². The topological polar surface area (TPSA) is 81.7 Å². The van der Waals surface area contributed by atoms with Gasteiger partial charge in [-0.15, -0.1) is 0 Å².